The van der Waals surface area contributed by atoms with Gasteiger partial charge >= 0.3 is 0 Å². The van der Waals surface area contributed by atoms with E-state index in [9.17, 15) is 0 Å². The lowest BCUT2D eigenvalue weighted by Gasteiger charge is -2.28. The standard InChI is InChI=1S/C18H23NO2/c1-13-12-15(20-3)10-11-16(13)17(19-2)18(21-4)14-8-6-5-7-9-14/h5-12,17-19H,1-4H3. The molecule has 0 spiro atoms. The average Bonchev–Trinajstić information content (AvgIpc) is 2.53. The van der Waals surface area contributed by atoms with Gasteiger partial charge in [-0.1, -0.05) is 36.4 Å². The highest BCUT2D eigenvalue weighted by atomic mass is 16.5. The molecule has 1 N–H and O–H groups in total. The SMILES string of the molecule is CNC(c1ccc(OC)cc1C)C(OC)c1ccccc1. The van der Waals surface area contributed by atoms with Crippen LogP contribution in [0.5, 0.6) is 5.75 Å². The van der Waals surface area contributed by atoms with Gasteiger partial charge in [-0.25, -0.2) is 0 Å². The zero-order valence-corrected chi connectivity index (χ0v) is 13.1. The van der Waals surface area contributed by atoms with Crippen molar-refractivity contribution in [2.75, 3.05) is 21.3 Å². The largest absolute Gasteiger partial charge is 0.497 e. The molecule has 0 amide bonds. The summed E-state index contributed by atoms with van der Waals surface area (Å²) in [7, 11) is 5.40. The number of aryl methyl sites for hydroxylation is 1. The van der Waals surface area contributed by atoms with Gasteiger partial charge in [0, 0.05) is 7.11 Å². The second kappa shape index (κ2) is 7.25. The first-order valence-electron chi connectivity index (χ1n) is 7.10. The maximum Gasteiger partial charge on any atom is 0.119 e. The van der Waals surface area contributed by atoms with E-state index in [2.05, 4.69) is 36.5 Å². The van der Waals surface area contributed by atoms with Gasteiger partial charge in [-0.2, -0.15) is 0 Å². The summed E-state index contributed by atoms with van der Waals surface area (Å²) in [5.41, 5.74) is 3.57. The van der Waals surface area contributed by atoms with Crippen LogP contribution in [0.3, 0.4) is 0 Å². The number of rotatable bonds is 6. The molecule has 0 saturated carbocycles. The number of ether oxygens (including phenoxy) is 2. The Bertz CT molecular complexity index is 569. The van der Waals surface area contributed by atoms with Crippen LogP contribution in [-0.4, -0.2) is 21.3 Å². The van der Waals surface area contributed by atoms with Crippen LogP contribution in [-0.2, 0) is 4.74 Å². The lowest BCUT2D eigenvalue weighted by atomic mass is 9.92. The first kappa shape index (κ1) is 15.5. The van der Waals surface area contributed by atoms with Crippen molar-refractivity contribution in [2.45, 2.75) is 19.1 Å². The molecule has 0 aliphatic carbocycles. The molecule has 2 unspecified atom stereocenters. The summed E-state index contributed by atoms with van der Waals surface area (Å²) in [6, 6.07) is 16.5. The van der Waals surface area contributed by atoms with E-state index in [0.29, 0.717) is 0 Å². The third-order valence-electron chi connectivity index (χ3n) is 3.81. The summed E-state index contributed by atoms with van der Waals surface area (Å²) in [4.78, 5) is 0. The molecule has 0 aliphatic rings. The van der Waals surface area contributed by atoms with Gasteiger partial charge in [-0.15, -0.1) is 0 Å². The minimum atomic E-state index is -0.0386. The van der Waals surface area contributed by atoms with Crippen molar-refractivity contribution in [3.05, 3.63) is 65.2 Å². The second-order valence-corrected chi connectivity index (χ2v) is 5.06. The van der Waals surface area contributed by atoms with Crippen molar-refractivity contribution in [1.82, 2.24) is 5.32 Å². The lowest BCUT2D eigenvalue weighted by molar-refractivity contribution is 0.0700. The fourth-order valence-electron chi connectivity index (χ4n) is 2.70. The summed E-state index contributed by atoms with van der Waals surface area (Å²) in [5.74, 6) is 0.875. The van der Waals surface area contributed by atoms with E-state index in [0.717, 1.165) is 11.3 Å². The van der Waals surface area contributed by atoms with Gasteiger partial charge in [0.05, 0.1) is 13.2 Å². The van der Waals surface area contributed by atoms with Crippen molar-refractivity contribution in [2.24, 2.45) is 0 Å². The average molecular weight is 285 g/mol. The molecule has 0 fully saturated rings. The number of hydrogen-bond acceptors (Lipinski definition) is 3. The van der Waals surface area contributed by atoms with Gasteiger partial charge in [0.2, 0.25) is 0 Å². The van der Waals surface area contributed by atoms with Crippen LogP contribution < -0.4 is 10.1 Å². The Morgan fingerprint density at radius 2 is 1.71 bits per heavy atom. The zero-order chi connectivity index (χ0) is 15.2. The van der Waals surface area contributed by atoms with Crippen LogP contribution in [0.1, 0.15) is 28.8 Å². The Kier molecular flexibility index (Phi) is 5.37. The third-order valence-corrected chi connectivity index (χ3v) is 3.81. The van der Waals surface area contributed by atoms with Crippen LogP contribution in [0.15, 0.2) is 48.5 Å². The molecule has 0 saturated heterocycles. The van der Waals surface area contributed by atoms with E-state index >= 15 is 0 Å². The van der Waals surface area contributed by atoms with Crippen molar-refractivity contribution in [1.29, 1.82) is 0 Å². The molecular weight excluding hydrogens is 262 g/mol. The maximum absolute atomic E-state index is 5.76. The van der Waals surface area contributed by atoms with Gasteiger partial charge in [0.1, 0.15) is 11.9 Å². The van der Waals surface area contributed by atoms with Gasteiger partial charge in [0.15, 0.2) is 0 Å². The quantitative estimate of drug-likeness (QED) is 0.878. The monoisotopic (exact) mass is 285 g/mol. The molecule has 2 aromatic rings. The van der Waals surface area contributed by atoms with Gasteiger partial charge in [0.25, 0.3) is 0 Å². The number of methoxy groups -OCH3 is 2. The van der Waals surface area contributed by atoms with Crippen molar-refractivity contribution in [3.8, 4) is 5.75 Å². The maximum atomic E-state index is 5.76. The molecule has 2 aromatic carbocycles. The molecule has 0 radical (unpaired) electrons. The minimum absolute atomic E-state index is 0.0386. The molecular formula is C18H23NO2. The van der Waals surface area contributed by atoms with E-state index in [1.807, 2.05) is 31.3 Å². The van der Waals surface area contributed by atoms with Crippen molar-refractivity contribution in [3.63, 3.8) is 0 Å². The topological polar surface area (TPSA) is 30.5 Å². The highest BCUT2D eigenvalue weighted by Crippen LogP contribution is 2.34. The molecule has 2 rings (SSSR count). The Balaban J connectivity index is 2.38. The molecule has 112 valence electrons. The van der Waals surface area contributed by atoms with E-state index in [1.54, 1.807) is 14.2 Å². The summed E-state index contributed by atoms with van der Waals surface area (Å²) in [6.07, 6.45) is -0.0386. The minimum Gasteiger partial charge on any atom is -0.497 e. The fraction of sp³-hybridized carbons (Fsp3) is 0.333. The first-order valence-corrected chi connectivity index (χ1v) is 7.10. The third kappa shape index (κ3) is 3.43. The van der Waals surface area contributed by atoms with Crippen LogP contribution >= 0.6 is 0 Å². The van der Waals surface area contributed by atoms with Crippen molar-refractivity contribution >= 4 is 0 Å². The molecule has 21 heavy (non-hydrogen) atoms. The Morgan fingerprint density at radius 1 is 1.00 bits per heavy atom. The summed E-state index contributed by atoms with van der Waals surface area (Å²) >= 11 is 0. The van der Waals surface area contributed by atoms with Crippen molar-refractivity contribution < 1.29 is 9.47 Å². The Morgan fingerprint density at radius 3 is 2.24 bits per heavy atom. The summed E-state index contributed by atoms with van der Waals surface area (Å²) < 4.78 is 11.0. The number of nitrogens with one attached hydrogen (secondary N) is 1. The van der Waals surface area contributed by atoms with E-state index in [4.69, 9.17) is 9.47 Å². The van der Waals surface area contributed by atoms with Gasteiger partial charge < -0.3 is 14.8 Å². The first-order chi connectivity index (χ1) is 10.2. The second-order valence-electron chi connectivity index (χ2n) is 5.06. The Hall–Kier alpha value is -1.84. The number of likely N-dealkylation sites (N-methyl/N-ethyl adjacent to an activating group) is 1. The fourth-order valence-corrected chi connectivity index (χ4v) is 2.70. The normalized spacial score (nSPS) is 13.7. The lowest BCUT2D eigenvalue weighted by Crippen LogP contribution is -2.25. The summed E-state index contributed by atoms with van der Waals surface area (Å²) in [6.45, 7) is 2.10. The Labute approximate surface area is 126 Å². The molecule has 0 aromatic heterocycles. The number of hydrogen-bond donors (Lipinski definition) is 1. The predicted octanol–water partition coefficient (Wildman–Crippen LogP) is 3.65. The molecule has 2 atom stereocenters. The predicted molar refractivity (Wildman–Crippen MR) is 85.7 cm³/mol. The van der Waals surface area contributed by atoms with Crippen LogP contribution in [0.25, 0.3) is 0 Å². The number of benzene rings is 2. The smallest absolute Gasteiger partial charge is 0.119 e. The zero-order valence-electron chi connectivity index (χ0n) is 13.1. The molecule has 3 nitrogen and oxygen atoms in total. The highest BCUT2D eigenvalue weighted by Gasteiger charge is 2.24. The summed E-state index contributed by atoms with van der Waals surface area (Å²) in [5, 5.41) is 3.38. The van der Waals surface area contributed by atoms with Crippen LogP contribution in [0.4, 0.5) is 0 Å². The van der Waals surface area contributed by atoms with E-state index in [-0.39, 0.29) is 12.1 Å². The molecule has 0 heterocycles. The van der Waals surface area contributed by atoms with Crippen LogP contribution in [0, 0.1) is 6.92 Å². The van der Waals surface area contributed by atoms with Crippen LogP contribution in [0.2, 0.25) is 0 Å². The van der Waals surface area contributed by atoms with E-state index in [1.165, 1.54) is 11.1 Å². The molecule has 0 aliphatic heterocycles. The highest BCUT2D eigenvalue weighted by molar-refractivity contribution is 5.38. The van der Waals surface area contributed by atoms with Gasteiger partial charge in [-0.05, 0) is 42.8 Å². The van der Waals surface area contributed by atoms with E-state index < -0.39 is 0 Å². The molecule has 0 bridgehead atoms. The molecule has 3 heteroatoms. The van der Waals surface area contributed by atoms with Gasteiger partial charge in [-0.3, -0.25) is 0 Å².